The SMILES string of the molecule is CCOC(=O)CC1CCC(CNC)CC1. The van der Waals surface area contributed by atoms with Crippen LogP contribution in [-0.2, 0) is 9.53 Å². The average Bonchev–Trinajstić information content (AvgIpc) is 2.22. The van der Waals surface area contributed by atoms with E-state index in [9.17, 15) is 4.79 Å². The summed E-state index contributed by atoms with van der Waals surface area (Å²) in [6.07, 6.45) is 5.51. The van der Waals surface area contributed by atoms with Gasteiger partial charge in [0.05, 0.1) is 6.61 Å². The number of carbonyl (C=O) groups excluding carboxylic acids is 1. The molecule has 0 aromatic heterocycles. The second kappa shape index (κ2) is 6.83. The van der Waals surface area contributed by atoms with Crippen molar-refractivity contribution in [3.8, 4) is 0 Å². The molecule has 0 amide bonds. The van der Waals surface area contributed by atoms with E-state index in [0.717, 1.165) is 12.5 Å². The van der Waals surface area contributed by atoms with E-state index >= 15 is 0 Å². The number of ether oxygens (including phenoxy) is 1. The molecule has 0 aromatic carbocycles. The minimum Gasteiger partial charge on any atom is -0.466 e. The smallest absolute Gasteiger partial charge is 0.306 e. The van der Waals surface area contributed by atoms with Gasteiger partial charge in [-0.25, -0.2) is 0 Å². The summed E-state index contributed by atoms with van der Waals surface area (Å²) in [6, 6.07) is 0. The van der Waals surface area contributed by atoms with E-state index in [2.05, 4.69) is 5.32 Å². The molecule has 1 N–H and O–H groups in total. The summed E-state index contributed by atoms with van der Waals surface area (Å²) < 4.78 is 4.97. The van der Waals surface area contributed by atoms with Crippen LogP contribution in [0.2, 0.25) is 0 Å². The van der Waals surface area contributed by atoms with Gasteiger partial charge in [0.2, 0.25) is 0 Å². The Balaban J connectivity index is 2.16. The maximum atomic E-state index is 11.3. The van der Waals surface area contributed by atoms with E-state index in [1.807, 2.05) is 14.0 Å². The van der Waals surface area contributed by atoms with Gasteiger partial charge in [-0.2, -0.15) is 0 Å². The molecule has 0 heterocycles. The van der Waals surface area contributed by atoms with Crippen molar-refractivity contribution < 1.29 is 9.53 Å². The highest BCUT2D eigenvalue weighted by Crippen LogP contribution is 2.30. The number of esters is 1. The lowest BCUT2D eigenvalue weighted by Gasteiger charge is -2.27. The fourth-order valence-corrected chi connectivity index (χ4v) is 2.38. The minimum atomic E-state index is -0.0189. The first-order valence-corrected chi connectivity index (χ1v) is 6.06. The average molecular weight is 213 g/mol. The Bertz CT molecular complexity index is 186. The normalized spacial score (nSPS) is 26.3. The first-order chi connectivity index (χ1) is 7.26. The molecule has 0 aromatic rings. The quantitative estimate of drug-likeness (QED) is 0.710. The molecular formula is C12H23NO2. The fourth-order valence-electron chi connectivity index (χ4n) is 2.38. The van der Waals surface area contributed by atoms with Gasteiger partial charge in [-0.3, -0.25) is 4.79 Å². The van der Waals surface area contributed by atoms with Crippen LogP contribution in [0.25, 0.3) is 0 Å². The molecule has 1 rings (SSSR count). The topological polar surface area (TPSA) is 38.3 Å². The lowest BCUT2D eigenvalue weighted by molar-refractivity contribution is -0.144. The van der Waals surface area contributed by atoms with Gasteiger partial charge < -0.3 is 10.1 Å². The van der Waals surface area contributed by atoms with Crippen LogP contribution >= 0.6 is 0 Å². The maximum Gasteiger partial charge on any atom is 0.306 e. The molecule has 1 fully saturated rings. The van der Waals surface area contributed by atoms with E-state index in [1.165, 1.54) is 25.7 Å². The lowest BCUT2D eigenvalue weighted by Crippen LogP contribution is -2.25. The third-order valence-electron chi connectivity index (χ3n) is 3.22. The lowest BCUT2D eigenvalue weighted by atomic mass is 9.80. The fraction of sp³-hybridized carbons (Fsp3) is 0.917. The number of hydrogen-bond acceptors (Lipinski definition) is 3. The maximum absolute atomic E-state index is 11.3. The summed E-state index contributed by atoms with van der Waals surface area (Å²) in [5.74, 6) is 1.36. The summed E-state index contributed by atoms with van der Waals surface area (Å²) >= 11 is 0. The Morgan fingerprint density at radius 2 is 1.87 bits per heavy atom. The Morgan fingerprint density at radius 3 is 2.40 bits per heavy atom. The van der Waals surface area contributed by atoms with Gasteiger partial charge in [0.25, 0.3) is 0 Å². The predicted molar refractivity (Wildman–Crippen MR) is 60.6 cm³/mol. The van der Waals surface area contributed by atoms with Crippen molar-refractivity contribution >= 4 is 5.97 Å². The number of carbonyl (C=O) groups is 1. The highest BCUT2D eigenvalue weighted by Gasteiger charge is 2.22. The van der Waals surface area contributed by atoms with Crippen LogP contribution in [0.4, 0.5) is 0 Å². The van der Waals surface area contributed by atoms with Crippen molar-refractivity contribution in [2.24, 2.45) is 11.8 Å². The molecule has 1 aliphatic carbocycles. The minimum absolute atomic E-state index is 0.0189. The molecule has 3 nitrogen and oxygen atoms in total. The highest BCUT2D eigenvalue weighted by molar-refractivity contribution is 5.69. The Kier molecular flexibility index (Phi) is 5.69. The van der Waals surface area contributed by atoms with E-state index in [4.69, 9.17) is 4.74 Å². The van der Waals surface area contributed by atoms with Gasteiger partial charge in [0.1, 0.15) is 0 Å². The zero-order valence-electron chi connectivity index (χ0n) is 9.92. The summed E-state index contributed by atoms with van der Waals surface area (Å²) in [5.41, 5.74) is 0. The van der Waals surface area contributed by atoms with Crippen molar-refractivity contribution in [2.75, 3.05) is 20.2 Å². The number of rotatable bonds is 5. The molecule has 0 bridgehead atoms. The van der Waals surface area contributed by atoms with Crippen molar-refractivity contribution in [1.29, 1.82) is 0 Å². The molecule has 1 saturated carbocycles. The second-order valence-electron chi connectivity index (χ2n) is 4.45. The zero-order valence-corrected chi connectivity index (χ0v) is 9.92. The van der Waals surface area contributed by atoms with Crippen LogP contribution in [0.1, 0.15) is 39.0 Å². The van der Waals surface area contributed by atoms with E-state index in [1.54, 1.807) is 0 Å². The van der Waals surface area contributed by atoms with E-state index in [-0.39, 0.29) is 5.97 Å². The number of nitrogens with one attached hydrogen (secondary N) is 1. The van der Waals surface area contributed by atoms with Crippen LogP contribution in [0, 0.1) is 11.8 Å². The standard InChI is InChI=1S/C12H23NO2/c1-3-15-12(14)8-10-4-6-11(7-5-10)9-13-2/h10-11,13H,3-9H2,1-2H3. The Hall–Kier alpha value is -0.570. The molecule has 0 saturated heterocycles. The first kappa shape index (κ1) is 12.5. The molecular weight excluding hydrogens is 190 g/mol. The molecule has 15 heavy (non-hydrogen) atoms. The van der Waals surface area contributed by atoms with Gasteiger partial charge in [-0.1, -0.05) is 0 Å². The monoisotopic (exact) mass is 213 g/mol. The largest absolute Gasteiger partial charge is 0.466 e. The molecule has 0 atom stereocenters. The Morgan fingerprint density at radius 1 is 1.27 bits per heavy atom. The van der Waals surface area contributed by atoms with E-state index < -0.39 is 0 Å². The molecule has 0 spiro atoms. The van der Waals surface area contributed by atoms with Crippen molar-refractivity contribution in [1.82, 2.24) is 5.32 Å². The molecule has 0 radical (unpaired) electrons. The predicted octanol–water partition coefficient (Wildman–Crippen LogP) is 1.97. The van der Waals surface area contributed by atoms with Crippen LogP contribution in [0.15, 0.2) is 0 Å². The van der Waals surface area contributed by atoms with Crippen molar-refractivity contribution in [3.05, 3.63) is 0 Å². The van der Waals surface area contributed by atoms with Gasteiger partial charge in [0, 0.05) is 6.42 Å². The van der Waals surface area contributed by atoms with Gasteiger partial charge in [0.15, 0.2) is 0 Å². The number of hydrogen-bond donors (Lipinski definition) is 1. The molecule has 3 heteroatoms. The first-order valence-electron chi connectivity index (χ1n) is 6.06. The molecule has 88 valence electrons. The summed E-state index contributed by atoms with van der Waals surface area (Å²) in [6.45, 7) is 3.49. The molecule has 0 unspecified atom stereocenters. The van der Waals surface area contributed by atoms with Crippen LogP contribution < -0.4 is 5.32 Å². The van der Waals surface area contributed by atoms with Crippen LogP contribution in [0.3, 0.4) is 0 Å². The van der Waals surface area contributed by atoms with Crippen LogP contribution in [0.5, 0.6) is 0 Å². The summed E-state index contributed by atoms with van der Waals surface area (Å²) in [4.78, 5) is 11.3. The summed E-state index contributed by atoms with van der Waals surface area (Å²) in [5, 5.41) is 3.22. The highest BCUT2D eigenvalue weighted by atomic mass is 16.5. The molecule has 1 aliphatic rings. The summed E-state index contributed by atoms with van der Waals surface area (Å²) in [7, 11) is 2.00. The van der Waals surface area contributed by atoms with E-state index in [0.29, 0.717) is 18.9 Å². The van der Waals surface area contributed by atoms with Gasteiger partial charge in [-0.15, -0.1) is 0 Å². The third kappa shape index (κ3) is 4.65. The third-order valence-corrected chi connectivity index (χ3v) is 3.22. The van der Waals surface area contributed by atoms with Gasteiger partial charge >= 0.3 is 5.97 Å². The molecule has 0 aliphatic heterocycles. The van der Waals surface area contributed by atoms with Crippen LogP contribution in [-0.4, -0.2) is 26.2 Å². The zero-order chi connectivity index (χ0) is 11.1. The van der Waals surface area contributed by atoms with Crippen molar-refractivity contribution in [2.45, 2.75) is 39.0 Å². The van der Waals surface area contributed by atoms with Gasteiger partial charge in [-0.05, 0) is 58.0 Å². The second-order valence-corrected chi connectivity index (χ2v) is 4.45. The Labute approximate surface area is 92.6 Å². The van der Waals surface area contributed by atoms with Crippen molar-refractivity contribution in [3.63, 3.8) is 0 Å².